The molecule has 2 bridgehead atoms. The minimum Gasteiger partial charge on any atom is -0.365 e. The molecule has 1 N–H and O–H groups in total. The van der Waals surface area contributed by atoms with Gasteiger partial charge < -0.3 is 10.2 Å². The lowest BCUT2D eigenvalue weighted by Crippen LogP contribution is -2.48. The van der Waals surface area contributed by atoms with E-state index in [0.29, 0.717) is 35.2 Å². The fourth-order valence-corrected chi connectivity index (χ4v) is 4.91. The molecule has 5 rings (SSSR count). The summed E-state index contributed by atoms with van der Waals surface area (Å²) < 4.78 is 38.4. The van der Waals surface area contributed by atoms with Gasteiger partial charge in [-0.25, -0.2) is 4.98 Å². The summed E-state index contributed by atoms with van der Waals surface area (Å²) in [5.74, 6) is 0.601. The lowest BCUT2D eigenvalue weighted by atomic mass is 10.0. The third-order valence-electron chi connectivity index (χ3n) is 6.44. The van der Waals surface area contributed by atoms with E-state index in [4.69, 9.17) is 0 Å². The van der Waals surface area contributed by atoms with Crippen LogP contribution in [-0.2, 0) is 6.18 Å². The van der Waals surface area contributed by atoms with Crippen molar-refractivity contribution in [3.8, 4) is 11.4 Å². The number of piperidine rings is 1. The quantitative estimate of drug-likeness (QED) is 0.626. The Morgan fingerprint density at radius 2 is 1.79 bits per heavy atom. The summed E-state index contributed by atoms with van der Waals surface area (Å²) in [5, 5.41) is 3.24. The lowest BCUT2D eigenvalue weighted by Gasteiger charge is -2.34. The van der Waals surface area contributed by atoms with E-state index >= 15 is 0 Å². The Hall–Kier alpha value is -3.49. The molecule has 3 atom stereocenters. The van der Waals surface area contributed by atoms with Crippen molar-refractivity contribution in [1.82, 2.24) is 19.9 Å². The Morgan fingerprint density at radius 1 is 1.03 bits per heavy atom. The Morgan fingerprint density at radius 3 is 2.45 bits per heavy atom. The average Bonchev–Trinajstić information content (AvgIpc) is 3.39. The third kappa shape index (κ3) is 4.03. The van der Waals surface area contributed by atoms with Gasteiger partial charge in [0.15, 0.2) is 0 Å². The van der Waals surface area contributed by atoms with Gasteiger partial charge in [0.1, 0.15) is 11.5 Å². The summed E-state index contributed by atoms with van der Waals surface area (Å²) in [6, 6.07) is 9.50. The first-order valence-electron chi connectivity index (χ1n) is 10.8. The zero-order valence-electron chi connectivity index (χ0n) is 17.9. The number of likely N-dealkylation sites (tertiary alicyclic amines) is 1. The van der Waals surface area contributed by atoms with Gasteiger partial charge in [0.05, 0.1) is 22.9 Å². The zero-order valence-corrected chi connectivity index (χ0v) is 17.9. The van der Waals surface area contributed by atoms with Crippen LogP contribution in [0.25, 0.3) is 11.4 Å². The molecule has 33 heavy (non-hydrogen) atoms. The van der Waals surface area contributed by atoms with Crippen LogP contribution in [0.4, 0.5) is 19.0 Å². The third-order valence-corrected chi connectivity index (χ3v) is 6.44. The predicted molar refractivity (Wildman–Crippen MR) is 116 cm³/mol. The molecule has 2 aliphatic rings. The smallest absolute Gasteiger partial charge is 0.365 e. The zero-order chi connectivity index (χ0) is 23.2. The Bertz CT molecular complexity index is 1180. The van der Waals surface area contributed by atoms with E-state index in [1.54, 1.807) is 24.5 Å². The van der Waals surface area contributed by atoms with Crippen molar-refractivity contribution >= 4 is 11.7 Å². The van der Waals surface area contributed by atoms with E-state index in [9.17, 15) is 18.0 Å². The molecule has 3 aromatic rings. The van der Waals surface area contributed by atoms with Crippen LogP contribution in [0.1, 0.15) is 34.3 Å². The molecule has 1 saturated carbocycles. The van der Waals surface area contributed by atoms with E-state index in [1.807, 2.05) is 24.0 Å². The van der Waals surface area contributed by atoms with Gasteiger partial charge in [-0.1, -0.05) is 6.07 Å². The number of anilines is 1. The van der Waals surface area contributed by atoms with Crippen molar-refractivity contribution in [2.75, 3.05) is 11.9 Å². The molecule has 6 nitrogen and oxygen atoms in total. The topological polar surface area (TPSA) is 71.0 Å². The van der Waals surface area contributed by atoms with Crippen molar-refractivity contribution in [3.05, 3.63) is 71.7 Å². The van der Waals surface area contributed by atoms with Gasteiger partial charge in [-0.15, -0.1) is 0 Å². The van der Waals surface area contributed by atoms with Crippen molar-refractivity contribution in [2.45, 2.75) is 38.0 Å². The Labute approximate surface area is 188 Å². The predicted octanol–water partition coefficient (Wildman–Crippen LogP) is 4.58. The molecule has 4 heterocycles. The molecule has 3 aromatic heterocycles. The summed E-state index contributed by atoms with van der Waals surface area (Å²) in [6.07, 6.45) is 1.43. The molecule has 9 heteroatoms. The first-order valence-corrected chi connectivity index (χ1v) is 10.8. The highest BCUT2D eigenvalue weighted by atomic mass is 19.4. The highest BCUT2D eigenvalue weighted by molar-refractivity contribution is 6.00. The molecule has 1 aliphatic heterocycles. The molecular formula is C24H22F3N5O. The lowest BCUT2D eigenvalue weighted by molar-refractivity contribution is -0.137. The number of aryl methyl sites for hydroxylation is 1. The van der Waals surface area contributed by atoms with Crippen LogP contribution in [0.2, 0.25) is 0 Å². The number of aromatic nitrogens is 3. The van der Waals surface area contributed by atoms with Crippen LogP contribution in [0.3, 0.4) is 0 Å². The molecule has 2 fully saturated rings. The largest absolute Gasteiger partial charge is 0.417 e. The second kappa shape index (κ2) is 8.13. The minimum absolute atomic E-state index is 0.0653. The van der Waals surface area contributed by atoms with Crippen LogP contribution < -0.4 is 5.32 Å². The summed E-state index contributed by atoms with van der Waals surface area (Å²) in [7, 11) is 0. The average molecular weight is 453 g/mol. The molecule has 170 valence electrons. The van der Waals surface area contributed by atoms with Crippen LogP contribution in [-0.4, -0.2) is 44.4 Å². The van der Waals surface area contributed by atoms with E-state index in [1.165, 1.54) is 6.07 Å². The fourth-order valence-electron chi connectivity index (χ4n) is 4.91. The maximum absolute atomic E-state index is 13.6. The number of pyridine rings is 3. The minimum atomic E-state index is -4.42. The van der Waals surface area contributed by atoms with Gasteiger partial charge in [-0.2, -0.15) is 13.2 Å². The summed E-state index contributed by atoms with van der Waals surface area (Å²) >= 11 is 0. The second-order valence-electron chi connectivity index (χ2n) is 8.61. The molecule has 0 unspecified atom stereocenters. The van der Waals surface area contributed by atoms with E-state index < -0.39 is 11.7 Å². The summed E-state index contributed by atoms with van der Waals surface area (Å²) in [5.41, 5.74) is 1.87. The van der Waals surface area contributed by atoms with Crippen LogP contribution in [0.5, 0.6) is 0 Å². The standard InChI is InChI=1S/C24H22F3N5O/c1-14-4-2-8-28-21(14)22-17(5-3-9-29-22)23(33)32-13-15-10-18(19(32)11-15)31-20-7-6-16(12-30-20)24(25,26)27/h2-9,12,15,18-19H,10-11,13H2,1H3,(H,30,31)/t15-,18-,19+/m1/s1. The van der Waals surface area contributed by atoms with Crippen molar-refractivity contribution in [3.63, 3.8) is 0 Å². The molecule has 0 spiro atoms. The van der Waals surface area contributed by atoms with Gasteiger partial charge in [-0.3, -0.25) is 14.8 Å². The molecule has 0 radical (unpaired) electrons. The van der Waals surface area contributed by atoms with Gasteiger partial charge >= 0.3 is 6.18 Å². The highest BCUT2D eigenvalue weighted by Gasteiger charge is 2.47. The number of carbonyl (C=O) groups excluding carboxylic acids is 1. The van der Waals surface area contributed by atoms with Crippen molar-refractivity contribution in [2.24, 2.45) is 5.92 Å². The number of hydrogen-bond donors (Lipinski definition) is 1. The van der Waals surface area contributed by atoms with E-state index in [-0.39, 0.29) is 18.0 Å². The fraction of sp³-hybridized carbons (Fsp3) is 0.333. The van der Waals surface area contributed by atoms with Crippen LogP contribution in [0, 0.1) is 12.8 Å². The van der Waals surface area contributed by atoms with Gasteiger partial charge in [0, 0.05) is 31.2 Å². The number of halogens is 3. The number of nitrogens with zero attached hydrogens (tertiary/aromatic N) is 4. The second-order valence-corrected chi connectivity index (χ2v) is 8.61. The molecule has 1 amide bonds. The number of hydrogen-bond acceptors (Lipinski definition) is 5. The maximum atomic E-state index is 13.6. The van der Waals surface area contributed by atoms with Crippen LogP contribution in [0.15, 0.2) is 55.0 Å². The molecule has 1 saturated heterocycles. The SMILES string of the molecule is Cc1cccnc1-c1ncccc1C(=O)N1C[C@@H]2C[C@@H](Nc3ccc(C(F)(F)F)cn3)[C@@H]1C2. The van der Waals surface area contributed by atoms with Crippen LogP contribution >= 0.6 is 0 Å². The first kappa shape index (κ1) is 21.4. The van der Waals surface area contributed by atoms with Gasteiger partial charge in [0.25, 0.3) is 5.91 Å². The number of fused-ring (bicyclic) bond motifs is 2. The van der Waals surface area contributed by atoms with Crippen molar-refractivity contribution < 1.29 is 18.0 Å². The number of rotatable bonds is 4. The van der Waals surface area contributed by atoms with Crippen molar-refractivity contribution in [1.29, 1.82) is 0 Å². The molecular weight excluding hydrogens is 431 g/mol. The number of nitrogens with one attached hydrogen (secondary N) is 1. The number of alkyl halides is 3. The molecule has 0 aromatic carbocycles. The summed E-state index contributed by atoms with van der Waals surface area (Å²) in [6.45, 7) is 2.58. The van der Waals surface area contributed by atoms with Gasteiger partial charge in [-0.05, 0) is 61.6 Å². The molecule has 1 aliphatic carbocycles. The highest BCUT2D eigenvalue weighted by Crippen LogP contribution is 2.40. The summed E-state index contributed by atoms with van der Waals surface area (Å²) in [4.78, 5) is 28.3. The van der Waals surface area contributed by atoms with E-state index in [0.717, 1.165) is 30.7 Å². The number of amides is 1. The number of carbonyl (C=O) groups is 1. The Balaban J connectivity index is 1.37. The monoisotopic (exact) mass is 453 g/mol. The first-order chi connectivity index (χ1) is 15.8. The van der Waals surface area contributed by atoms with Gasteiger partial charge in [0.2, 0.25) is 0 Å². The Kier molecular flexibility index (Phi) is 5.26. The van der Waals surface area contributed by atoms with E-state index in [2.05, 4.69) is 20.3 Å². The maximum Gasteiger partial charge on any atom is 0.417 e. The normalized spacial score (nSPS) is 21.9.